The standard InChI is InChI=1S/C17H23NO5/c1-12(23-11-14-8-5-9-22-14)16(19)18-15(17(20)21)10-13-6-3-2-4-7-13/h2-4,6-7,12,14-15H,5,8-11H2,1H3,(H,18,19)(H,20,21). The number of ether oxygens (including phenoxy) is 2. The van der Waals surface area contributed by atoms with E-state index in [1.807, 2.05) is 30.3 Å². The lowest BCUT2D eigenvalue weighted by molar-refractivity contribution is -0.144. The Bertz CT molecular complexity index is 513. The van der Waals surface area contributed by atoms with E-state index in [2.05, 4.69) is 5.32 Å². The third kappa shape index (κ3) is 5.65. The summed E-state index contributed by atoms with van der Waals surface area (Å²) in [5.41, 5.74) is 0.855. The quantitative estimate of drug-likeness (QED) is 0.756. The maximum Gasteiger partial charge on any atom is 0.326 e. The number of hydrogen-bond acceptors (Lipinski definition) is 4. The number of carbonyl (C=O) groups excluding carboxylic acids is 1. The SMILES string of the molecule is CC(OCC1CCCO1)C(=O)NC(Cc1ccccc1)C(=O)O. The summed E-state index contributed by atoms with van der Waals surface area (Å²) >= 11 is 0. The predicted octanol–water partition coefficient (Wildman–Crippen LogP) is 1.38. The van der Waals surface area contributed by atoms with Crippen LogP contribution in [-0.2, 0) is 25.5 Å². The van der Waals surface area contributed by atoms with E-state index in [-0.39, 0.29) is 12.5 Å². The third-order valence-corrected chi connectivity index (χ3v) is 3.82. The van der Waals surface area contributed by atoms with Crippen LogP contribution in [0.25, 0.3) is 0 Å². The second kappa shape index (κ2) is 8.64. The molecule has 0 saturated carbocycles. The highest BCUT2D eigenvalue weighted by atomic mass is 16.5. The molecule has 126 valence electrons. The fourth-order valence-corrected chi connectivity index (χ4v) is 2.44. The minimum Gasteiger partial charge on any atom is -0.480 e. The lowest BCUT2D eigenvalue weighted by Crippen LogP contribution is -2.46. The molecule has 0 spiro atoms. The van der Waals surface area contributed by atoms with E-state index in [1.165, 1.54) is 0 Å². The highest BCUT2D eigenvalue weighted by molar-refractivity contribution is 5.86. The fourth-order valence-electron chi connectivity index (χ4n) is 2.44. The van der Waals surface area contributed by atoms with Crippen molar-refractivity contribution in [1.29, 1.82) is 0 Å². The second-order valence-electron chi connectivity index (χ2n) is 5.70. The van der Waals surface area contributed by atoms with Crippen LogP contribution in [0.3, 0.4) is 0 Å². The monoisotopic (exact) mass is 321 g/mol. The normalized spacial score (nSPS) is 20.0. The zero-order valence-corrected chi connectivity index (χ0v) is 13.2. The van der Waals surface area contributed by atoms with E-state index in [9.17, 15) is 14.7 Å². The number of carboxylic acids is 1. The molecule has 1 amide bonds. The summed E-state index contributed by atoms with van der Waals surface area (Å²) in [5.74, 6) is -1.49. The number of hydrogen-bond donors (Lipinski definition) is 2. The van der Waals surface area contributed by atoms with Gasteiger partial charge in [-0.25, -0.2) is 4.79 Å². The minimum atomic E-state index is -1.06. The van der Waals surface area contributed by atoms with Crippen molar-refractivity contribution >= 4 is 11.9 Å². The summed E-state index contributed by atoms with van der Waals surface area (Å²) < 4.78 is 10.9. The van der Waals surface area contributed by atoms with Gasteiger partial charge in [-0.3, -0.25) is 4.79 Å². The zero-order chi connectivity index (χ0) is 16.7. The van der Waals surface area contributed by atoms with Crippen molar-refractivity contribution in [2.24, 2.45) is 0 Å². The molecule has 2 rings (SSSR count). The Morgan fingerprint density at radius 3 is 2.74 bits per heavy atom. The first-order chi connectivity index (χ1) is 11.1. The van der Waals surface area contributed by atoms with Crippen LogP contribution in [0, 0.1) is 0 Å². The van der Waals surface area contributed by atoms with Crippen molar-refractivity contribution in [3.63, 3.8) is 0 Å². The first kappa shape index (κ1) is 17.4. The molecular formula is C17H23NO5. The van der Waals surface area contributed by atoms with Gasteiger partial charge in [0.1, 0.15) is 12.1 Å². The number of carboxylic acid groups (broad SMARTS) is 1. The van der Waals surface area contributed by atoms with Gasteiger partial charge in [0.2, 0.25) is 5.91 Å². The molecule has 1 fully saturated rings. The van der Waals surface area contributed by atoms with Crippen molar-refractivity contribution in [2.45, 2.75) is 44.4 Å². The van der Waals surface area contributed by atoms with Gasteiger partial charge in [-0.05, 0) is 25.3 Å². The summed E-state index contributed by atoms with van der Waals surface area (Å²) in [6, 6.07) is 8.23. The zero-order valence-electron chi connectivity index (χ0n) is 13.2. The van der Waals surface area contributed by atoms with Crippen molar-refractivity contribution in [3.05, 3.63) is 35.9 Å². The van der Waals surface area contributed by atoms with Crippen LogP contribution < -0.4 is 5.32 Å². The second-order valence-corrected chi connectivity index (χ2v) is 5.70. The minimum absolute atomic E-state index is 0.0323. The highest BCUT2D eigenvalue weighted by Gasteiger charge is 2.25. The molecule has 1 aliphatic heterocycles. The molecule has 1 aliphatic rings. The molecule has 1 aromatic rings. The van der Waals surface area contributed by atoms with Gasteiger partial charge in [0, 0.05) is 13.0 Å². The van der Waals surface area contributed by atoms with Gasteiger partial charge in [0.05, 0.1) is 12.7 Å². The smallest absolute Gasteiger partial charge is 0.326 e. The summed E-state index contributed by atoms with van der Waals surface area (Å²) in [6.07, 6.45) is 1.49. The number of nitrogens with one attached hydrogen (secondary N) is 1. The van der Waals surface area contributed by atoms with Crippen molar-refractivity contribution in [2.75, 3.05) is 13.2 Å². The van der Waals surface area contributed by atoms with E-state index in [1.54, 1.807) is 6.92 Å². The van der Waals surface area contributed by atoms with Gasteiger partial charge in [-0.2, -0.15) is 0 Å². The van der Waals surface area contributed by atoms with Crippen molar-refractivity contribution < 1.29 is 24.2 Å². The molecule has 3 unspecified atom stereocenters. The van der Waals surface area contributed by atoms with E-state index in [0.717, 1.165) is 25.0 Å². The van der Waals surface area contributed by atoms with Gasteiger partial charge in [-0.15, -0.1) is 0 Å². The van der Waals surface area contributed by atoms with E-state index < -0.39 is 24.0 Å². The van der Waals surface area contributed by atoms with E-state index in [4.69, 9.17) is 9.47 Å². The molecule has 3 atom stereocenters. The van der Waals surface area contributed by atoms with Crippen molar-refractivity contribution in [1.82, 2.24) is 5.32 Å². The molecule has 1 aromatic carbocycles. The number of carbonyl (C=O) groups is 2. The summed E-state index contributed by atoms with van der Waals surface area (Å²) in [6.45, 7) is 2.70. The van der Waals surface area contributed by atoms with Crippen LogP contribution >= 0.6 is 0 Å². The molecule has 1 saturated heterocycles. The van der Waals surface area contributed by atoms with Gasteiger partial charge in [0.15, 0.2) is 0 Å². The molecule has 0 aliphatic carbocycles. The number of benzene rings is 1. The largest absolute Gasteiger partial charge is 0.480 e. The van der Waals surface area contributed by atoms with Gasteiger partial charge in [-0.1, -0.05) is 30.3 Å². The molecule has 2 N–H and O–H groups in total. The Balaban J connectivity index is 1.83. The molecule has 6 heteroatoms. The number of aliphatic carboxylic acids is 1. The van der Waals surface area contributed by atoms with Crippen LogP contribution in [-0.4, -0.2) is 48.4 Å². The van der Waals surface area contributed by atoms with Crippen LogP contribution in [0.5, 0.6) is 0 Å². The molecule has 1 heterocycles. The lowest BCUT2D eigenvalue weighted by Gasteiger charge is -2.19. The molecule has 23 heavy (non-hydrogen) atoms. The average molecular weight is 321 g/mol. The van der Waals surface area contributed by atoms with Gasteiger partial charge >= 0.3 is 5.97 Å². The molecular weight excluding hydrogens is 298 g/mol. The molecule has 6 nitrogen and oxygen atoms in total. The Hall–Kier alpha value is -1.92. The predicted molar refractivity (Wildman–Crippen MR) is 84.1 cm³/mol. The van der Waals surface area contributed by atoms with Gasteiger partial charge in [0.25, 0.3) is 0 Å². The van der Waals surface area contributed by atoms with Crippen LogP contribution in [0.4, 0.5) is 0 Å². The molecule has 0 bridgehead atoms. The van der Waals surface area contributed by atoms with Crippen molar-refractivity contribution in [3.8, 4) is 0 Å². The lowest BCUT2D eigenvalue weighted by atomic mass is 10.1. The van der Waals surface area contributed by atoms with Gasteiger partial charge < -0.3 is 19.9 Å². The fraction of sp³-hybridized carbons (Fsp3) is 0.529. The maximum atomic E-state index is 12.1. The highest BCUT2D eigenvalue weighted by Crippen LogP contribution is 2.13. The molecule has 0 radical (unpaired) electrons. The summed E-state index contributed by atoms with van der Waals surface area (Å²) in [7, 11) is 0. The van der Waals surface area contributed by atoms with E-state index >= 15 is 0 Å². The van der Waals surface area contributed by atoms with Crippen LogP contribution in [0.15, 0.2) is 30.3 Å². The van der Waals surface area contributed by atoms with Crippen LogP contribution in [0.2, 0.25) is 0 Å². The average Bonchev–Trinajstić information content (AvgIpc) is 3.06. The number of rotatable bonds is 8. The Kier molecular flexibility index (Phi) is 6.55. The molecule has 0 aromatic heterocycles. The summed E-state index contributed by atoms with van der Waals surface area (Å²) in [4.78, 5) is 23.5. The first-order valence-electron chi connectivity index (χ1n) is 7.86. The Labute approximate surface area is 135 Å². The maximum absolute atomic E-state index is 12.1. The Morgan fingerprint density at radius 1 is 1.39 bits per heavy atom. The first-order valence-corrected chi connectivity index (χ1v) is 7.86. The third-order valence-electron chi connectivity index (χ3n) is 3.82. The topological polar surface area (TPSA) is 84.9 Å². The van der Waals surface area contributed by atoms with Crippen LogP contribution in [0.1, 0.15) is 25.3 Å². The Morgan fingerprint density at radius 2 is 2.13 bits per heavy atom. The summed E-state index contributed by atoms with van der Waals surface area (Å²) in [5, 5.41) is 11.8. The van der Waals surface area contributed by atoms with E-state index in [0.29, 0.717) is 6.61 Å². The number of amides is 1.